The lowest BCUT2D eigenvalue weighted by Crippen LogP contribution is -2.49. The van der Waals surface area contributed by atoms with Crippen LogP contribution in [0.5, 0.6) is 0 Å². The van der Waals surface area contributed by atoms with E-state index in [2.05, 4.69) is 33.9 Å². The number of rotatable bonds is 3. The molecule has 3 unspecified atom stereocenters. The highest BCUT2D eigenvalue weighted by atomic mass is 28.4. The highest BCUT2D eigenvalue weighted by Crippen LogP contribution is 2.43. The van der Waals surface area contributed by atoms with Gasteiger partial charge in [-0.05, 0) is 31.0 Å². The molecule has 2 aliphatic heterocycles. The number of hydrogen-bond donors (Lipinski definition) is 0. The van der Waals surface area contributed by atoms with Crippen LogP contribution >= 0.6 is 0 Å². The lowest BCUT2D eigenvalue weighted by atomic mass is 9.93. The van der Waals surface area contributed by atoms with E-state index < -0.39 is 20.5 Å². The fraction of sp³-hybridized carbons (Fsp3) is 0.889. The van der Waals surface area contributed by atoms with E-state index in [1.165, 1.54) is 6.42 Å². The third-order valence-corrected chi connectivity index (χ3v) is 10.9. The van der Waals surface area contributed by atoms with E-state index in [0.717, 1.165) is 25.7 Å². The molecule has 136 valence electrons. The van der Waals surface area contributed by atoms with Crippen LogP contribution in [-0.2, 0) is 18.8 Å². The molecule has 2 heterocycles. The Labute approximate surface area is 146 Å². The summed E-state index contributed by atoms with van der Waals surface area (Å²) in [5, 5.41) is 0.0322. The molecule has 0 N–H and O–H groups in total. The average molecular weight is 354 g/mol. The first-order valence-corrected chi connectivity index (χ1v) is 12.2. The van der Waals surface area contributed by atoms with E-state index in [1.54, 1.807) is 0 Å². The van der Waals surface area contributed by atoms with Crippen molar-refractivity contribution in [3.63, 3.8) is 0 Å². The highest BCUT2D eigenvalue weighted by molar-refractivity contribution is 6.74. The molecule has 6 heteroatoms. The fourth-order valence-electron chi connectivity index (χ4n) is 3.97. The van der Waals surface area contributed by atoms with Crippen LogP contribution in [-0.4, -0.2) is 49.9 Å². The fourth-order valence-corrected chi connectivity index (χ4v) is 5.23. The summed E-state index contributed by atoms with van der Waals surface area (Å²) in [5.41, 5.74) is 0. The Kier molecular flexibility index (Phi) is 4.58. The normalized spacial score (nSPS) is 32.2. The second-order valence-corrected chi connectivity index (χ2v) is 13.8. The Morgan fingerprint density at radius 2 is 1.75 bits per heavy atom. The molecular weight excluding hydrogens is 322 g/mol. The Morgan fingerprint density at radius 1 is 1.12 bits per heavy atom. The highest BCUT2D eigenvalue weighted by Gasteiger charge is 2.59. The molecule has 1 amide bonds. The van der Waals surface area contributed by atoms with Crippen LogP contribution in [0.15, 0.2) is 0 Å². The molecule has 2 saturated heterocycles. The first kappa shape index (κ1) is 17.9. The van der Waals surface area contributed by atoms with Crippen molar-refractivity contribution >= 4 is 20.2 Å². The van der Waals surface area contributed by atoms with Gasteiger partial charge in [0.15, 0.2) is 8.32 Å². The lowest BCUT2D eigenvalue weighted by Gasteiger charge is -2.39. The molecule has 0 aromatic carbocycles. The van der Waals surface area contributed by atoms with Gasteiger partial charge in [0, 0.05) is 6.04 Å². The van der Waals surface area contributed by atoms with Gasteiger partial charge >= 0.3 is 5.97 Å². The number of hydrogen-bond acceptors (Lipinski definition) is 4. The molecule has 0 radical (unpaired) electrons. The van der Waals surface area contributed by atoms with Crippen molar-refractivity contribution < 1.29 is 18.8 Å². The van der Waals surface area contributed by atoms with Crippen molar-refractivity contribution in [2.45, 2.75) is 89.2 Å². The lowest BCUT2D eigenvalue weighted by molar-refractivity contribution is -0.150. The quantitative estimate of drug-likeness (QED) is 0.578. The minimum absolute atomic E-state index is 0.0263. The van der Waals surface area contributed by atoms with E-state index in [1.807, 2.05) is 4.90 Å². The van der Waals surface area contributed by atoms with Gasteiger partial charge in [-0.25, -0.2) is 4.79 Å². The molecule has 24 heavy (non-hydrogen) atoms. The van der Waals surface area contributed by atoms with Crippen molar-refractivity contribution in [2.75, 3.05) is 6.61 Å². The molecule has 0 aromatic rings. The molecule has 0 spiro atoms. The van der Waals surface area contributed by atoms with Crippen molar-refractivity contribution in [1.29, 1.82) is 0 Å². The van der Waals surface area contributed by atoms with Crippen LogP contribution in [0, 0.1) is 5.92 Å². The zero-order chi connectivity index (χ0) is 17.7. The van der Waals surface area contributed by atoms with Crippen molar-refractivity contribution in [2.24, 2.45) is 5.92 Å². The number of amides is 1. The van der Waals surface area contributed by atoms with Gasteiger partial charge in [-0.1, -0.05) is 40.0 Å². The maximum atomic E-state index is 13.2. The first-order chi connectivity index (χ1) is 11.1. The van der Waals surface area contributed by atoms with E-state index >= 15 is 0 Å². The topological polar surface area (TPSA) is 55.8 Å². The monoisotopic (exact) mass is 353 g/mol. The maximum absolute atomic E-state index is 13.2. The maximum Gasteiger partial charge on any atom is 0.329 e. The molecular formula is C18H31NO4Si. The number of ether oxygens (including phenoxy) is 1. The summed E-state index contributed by atoms with van der Waals surface area (Å²) in [6.07, 6.45) is 4.97. The van der Waals surface area contributed by atoms with Crippen LogP contribution in [0.1, 0.15) is 52.9 Å². The van der Waals surface area contributed by atoms with E-state index in [4.69, 9.17) is 9.16 Å². The summed E-state index contributed by atoms with van der Waals surface area (Å²) in [6, 6.07) is -0.243. The Bertz CT molecular complexity index is 522. The van der Waals surface area contributed by atoms with Gasteiger partial charge in [-0.2, -0.15) is 0 Å². The molecule has 5 nitrogen and oxygen atoms in total. The molecule has 3 atom stereocenters. The smallest absolute Gasteiger partial charge is 0.329 e. The van der Waals surface area contributed by atoms with Crippen LogP contribution in [0.4, 0.5) is 0 Å². The van der Waals surface area contributed by atoms with E-state index in [0.29, 0.717) is 6.61 Å². The number of cyclic esters (lactones) is 1. The second-order valence-electron chi connectivity index (χ2n) is 9.07. The molecule has 0 bridgehead atoms. The van der Waals surface area contributed by atoms with Crippen molar-refractivity contribution in [3.05, 3.63) is 0 Å². The minimum atomic E-state index is -2.09. The summed E-state index contributed by atoms with van der Waals surface area (Å²) < 4.78 is 11.8. The number of carbonyl (C=O) groups is 2. The molecule has 3 fully saturated rings. The van der Waals surface area contributed by atoms with Gasteiger partial charge < -0.3 is 14.1 Å². The van der Waals surface area contributed by atoms with Gasteiger partial charge in [0.25, 0.3) is 5.91 Å². The zero-order valence-corrected chi connectivity index (χ0v) is 16.6. The number of carbonyl (C=O) groups excluding carboxylic acids is 2. The molecule has 3 rings (SSSR count). The summed E-state index contributed by atoms with van der Waals surface area (Å²) in [5.74, 6) is -0.348. The van der Waals surface area contributed by atoms with Crippen molar-refractivity contribution in [1.82, 2.24) is 4.90 Å². The minimum Gasteiger partial charge on any atom is -0.464 e. The summed E-state index contributed by atoms with van der Waals surface area (Å²) in [7, 11) is -2.09. The van der Waals surface area contributed by atoms with Gasteiger partial charge in [0.1, 0.15) is 12.1 Å². The third kappa shape index (κ3) is 2.92. The number of nitrogens with zero attached hydrogens (tertiary/aromatic N) is 1. The number of likely N-dealkylation sites (tertiary alicyclic amines) is 1. The predicted octanol–water partition coefficient (Wildman–Crippen LogP) is 3.09. The largest absolute Gasteiger partial charge is 0.464 e. The van der Waals surface area contributed by atoms with Crippen LogP contribution < -0.4 is 0 Å². The Morgan fingerprint density at radius 3 is 2.33 bits per heavy atom. The standard InChI is InChI=1S/C18H31NO4Si/c1-18(2,3)24(4,5)23-15-13-11-22-17(21)14(13)19(16(15)20)12-9-7-6-8-10-12/h12-15H,6-11H2,1-5H3. The van der Waals surface area contributed by atoms with Crippen molar-refractivity contribution in [3.8, 4) is 0 Å². The van der Waals surface area contributed by atoms with Crippen LogP contribution in [0.3, 0.4) is 0 Å². The molecule has 3 aliphatic rings. The number of fused-ring (bicyclic) bond motifs is 1. The molecule has 0 aromatic heterocycles. The second kappa shape index (κ2) is 6.13. The van der Waals surface area contributed by atoms with Gasteiger partial charge in [-0.15, -0.1) is 0 Å². The van der Waals surface area contributed by atoms with E-state index in [9.17, 15) is 9.59 Å². The molecule has 1 aliphatic carbocycles. The van der Waals surface area contributed by atoms with Gasteiger partial charge in [0.2, 0.25) is 0 Å². The molecule has 1 saturated carbocycles. The third-order valence-electron chi connectivity index (χ3n) is 6.45. The predicted molar refractivity (Wildman–Crippen MR) is 94.0 cm³/mol. The Balaban J connectivity index is 1.86. The average Bonchev–Trinajstić information content (AvgIpc) is 2.99. The van der Waals surface area contributed by atoms with Gasteiger partial charge in [-0.3, -0.25) is 4.79 Å². The van der Waals surface area contributed by atoms with Crippen LogP contribution in [0.2, 0.25) is 18.1 Å². The zero-order valence-electron chi connectivity index (χ0n) is 15.6. The SMILES string of the molecule is CC(C)(C)[Si](C)(C)OC1C(=O)N(C2CCCCC2)C2C(=O)OCC12. The summed E-state index contributed by atoms with van der Waals surface area (Å²) in [4.78, 5) is 27.3. The first-order valence-electron chi connectivity index (χ1n) is 9.30. The summed E-state index contributed by atoms with van der Waals surface area (Å²) in [6.45, 7) is 11.2. The number of esters is 1. The summed E-state index contributed by atoms with van der Waals surface area (Å²) >= 11 is 0. The van der Waals surface area contributed by atoms with Crippen LogP contribution in [0.25, 0.3) is 0 Å². The Hall–Kier alpha value is -0.883. The van der Waals surface area contributed by atoms with Gasteiger partial charge in [0.05, 0.1) is 12.5 Å². The van der Waals surface area contributed by atoms with E-state index in [-0.39, 0.29) is 28.9 Å².